The van der Waals surface area contributed by atoms with E-state index in [0.717, 1.165) is 38.2 Å². The molecule has 184 valence electrons. The number of hydrogen-bond acceptors (Lipinski definition) is 6. The maximum absolute atomic E-state index is 13.4. The molecule has 2 aromatic heterocycles. The minimum absolute atomic E-state index is 0.0345. The van der Waals surface area contributed by atoms with Gasteiger partial charge in [0.15, 0.2) is 5.76 Å². The summed E-state index contributed by atoms with van der Waals surface area (Å²) in [4.78, 5) is 26.6. The molecule has 0 unspecified atom stereocenters. The SMILES string of the molecule is Cc1ccc(-c2cc(C(=O)NC3CCN(Cc4ccccc4)CC3)n(-c3cccc([N+](=O)[O-])c3)n2)o1. The van der Waals surface area contributed by atoms with Gasteiger partial charge in [-0.25, -0.2) is 4.68 Å². The van der Waals surface area contributed by atoms with Crippen molar-refractivity contribution in [1.82, 2.24) is 20.0 Å². The lowest BCUT2D eigenvalue weighted by Crippen LogP contribution is -2.44. The average Bonchev–Trinajstić information content (AvgIpc) is 3.53. The summed E-state index contributed by atoms with van der Waals surface area (Å²) in [6.45, 7) is 4.51. The maximum atomic E-state index is 13.4. The number of likely N-dealkylation sites (tertiary alicyclic amines) is 1. The van der Waals surface area contributed by atoms with E-state index < -0.39 is 4.92 Å². The number of rotatable bonds is 7. The third-order valence-corrected chi connectivity index (χ3v) is 6.39. The molecule has 5 rings (SSSR count). The summed E-state index contributed by atoms with van der Waals surface area (Å²) < 4.78 is 7.15. The molecule has 36 heavy (non-hydrogen) atoms. The number of benzene rings is 2. The van der Waals surface area contributed by atoms with Crippen LogP contribution in [0.5, 0.6) is 0 Å². The van der Waals surface area contributed by atoms with Crippen LogP contribution in [-0.2, 0) is 6.54 Å². The van der Waals surface area contributed by atoms with Crippen LogP contribution in [0.2, 0.25) is 0 Å². The summed E-state index contributed by atoms with van der Waals surface area (Å²) >= 11 is 0. The predicted molar refractivity (Wildman–Crippen MR) is 135 cm³/mol. The molecule has 0 atom stereocenters. The Bertz CT molecular complexity index is 1370. The zero-order valence-corrected chi connectivity index (χ0v) is 20.0. The van der Waals surface area contributed by atoms with Gasteiger partial charge in [-0.15, -0.1) is 0 Å². The van der Waals surface area contributed by atoms with Crippen molar-refractivity contribution < 1.29 is 14.1 Å². The van der Waals surface area contributed by atoms with E-state index in [4.69, 9.17) is 4.42 Å². The van der Waals surface area contributed by atoms with E-state index in [0.29, 0.717) is 22.8 Å². The Kier molecular flexibility index (Phi) is 6.64. The smallest absolute Gasteiger partial charge is 0.271 e. The zero-order chi connectivity index (χ0) is 25.1. The van der Waals surface area contributed by atoms with E-state index in [1.165, 1.54) is 22.4 Å². The second-order valence-corrected chi connectivity index (χ2v) is 9.02. The second-order valence-electron chi connectivity index (χ2n) is 9.02. The first kappa shape index (κ1) is 23.5. The van der Waals surface area contributed by atoms with Crippen LogP contribution in [0.1, 0.15) is 34.7 Å². The molecule has 0 bridgehead atoms. The lowest BCUT2D eigenvalue weighted by Gasteiger charge is -2.32. The van der Waals surface area contributed by atoms with Crippen molar-refractivity contribution in [3.8, 4) is 17.1 Å². The van der Waals surface area contributed by atoms with E-state index in [-0.39, 0.29) is 17.6 Å². The van der Waals surface area contributed by atoms with Crippen LogP contribution in [0, 0.1) is 17.0 Å². The topological polar surface area (TPSA) is 106 Å². The lowest BCUT2D eigenvalue weighted by atomic mass is 10.0. The number of nitrogens with zero attached hydrogens (tertiary/aromatic N) is 4. The monoisotopic (exact) mass is 485 g/mol. The maximum Gasteiger partial charge on any atom is 0.271 e. The van der Waals surface area contributed by atoms with Gasteiger partial charge >= 0.3 is 0 Å². The number of hydrogen-bond donors (Lipinski definition) is 1. The molecule has 0 spiro atoms. The number of aromatic nitrogens is 2. The van der Waals surface area contributed by atoms with Gasteiger partial charge in [0, 0.05) is 43.9 Å². The third kappa shape index (κ3) is 5.21. The van der Waals surface area contributed by atoms with Gasteiger partial charge in [-0.05, 0) is 43.5 Å². The number of amides is 1. The highest BCUT2D eigenvalue weighted by Gasteiger charge is 2.25. The minimum atomic E-state index is -0.466. The molecular formula is C27H27N5O4. The normalized spacial score (nSPS) is 14.6. The Balaban J connectivity index is 1.34. The van der Waals surface area contributed by atoms with Crippen LogP contribution in [-0.4, -0.2) is 44.6 Å². The van der Waals surface area contributed by atoms with E-state index in [2.05, 4.69) is 27.4 Å². The molecule has 0 aliphatic carbocycles. The van der Waals surface area contributed by atoms with Crippen molar-refractivity contribution in [3.05, 3.63) is 99.9 Å². The first-order valence-corrected chi connectivity index (χ1v) is 11.9. The van der Waals surface area contributed by atoms with E-state index in [1.54, 1.807) is 24.3 Å². The summed E-state index contributed by atoms with van der Waals surface area (Å²) in [5.41, 5.74) is 2.42. The van der Waals surface area contributed by atoms with Crippen molar-refractivity contribution in [2.45, 2.75) is 32.4 Å². The third-order valence-electron chi connectivity index (χ3n) is 6.39. The fraction of sp³-hybridized carbons (Fsp3) is 0.259. The van der Waals surface area contributed by atoms with Crippen LogP contribution in [0.25, 0.3) is 17.1 Å². The number of nitrogens with one attached hydrogen (secondary N) is 1. The summed E-state index contributed by atoms with van der Waals surface area (Å²) in [7, 11) is 0. The summed E-state index contributed by atoms with van der Waals surface area (Å²) in [5.74, 6) is 0.980. The number of piperidine rings is 1. The number of nitro groups is 1. The van der Waals surface area contributed by atoms with Crippen molar-refractivity contribution in [1.29, 1.82) is 0 Å². The van der Waals surface area contributed by atoms with Gasteiger partial charge in [0.2, 0.25) is 0 Å². The molecule has 2 aromatic carbocycles. The van der Waals surface area contributed by atoms with Crippen molar-refractivity contribution >= 4 is 11.6 Å². The molecule has 0 radical (unpaired) electrons. The first-order valence-electron chi connectivity index (χ1n) is 11.9. The number of carbonyl (C=O) groups is 1. The fourth-order valence-electron chi connectivity index (χ4n) is 4.51. The van der Waals surface area contributed by atoms with Crippen molar-refractivity contribution in [2.24, 2.45) is 0 Å². The Labute approximate surface area is 208 Å². The van der Waals surface area contributed by atoms with E-state index in [9.17, 15) is 14.9 Å². The highest BCUT2D eigenvalue weighted by atomic mass is 16.6. The molecule has 1 fully saturated rings. The summed E-state index contributed by atoms with van der Waals surface area (Å²) in [5, 5.41) is 19.0. The largest absolute Gasteiger partial charge is 0.460 e. The number of non-ortho nitro benzene ring substituents is 1. The van der Waals surface area contributed by atoms with Gasteiger partial charge in [0.1, 0.15) is 17.1 Å². The number of furan rings is 1. The second kappa shape index (κ2) is 10.2. The van der Waals surface area contributed by atoms with Gasteiger partial charge < -0.3 is 9.73 Å². The predicted octanol–water partition coefficient (Wildman–Crippen LogP) is 4.74. The molecule has 1 amide bonds. The number of nitro benzene ring substituents is 1. The van der Waals surface area contributed by atoms with Crippen LogP contribution >= 0.6 is 0 Å². The summed E-state index contributed by atoms with van der Waals surface area (Å²) in [6, 6.07) is 21.8. The Morgan fingerprint density at radius 3 is 2.56 bits per heavy atom. The fourth-order valence-corrected chi connectivity index (χ4v) is 4.51. The van der Waals surface area contributed by atoms with Crippen LogP contribution in [0.15, 0.2) is 77.2 Å². The standard InChI is InChI=1S/C27H27N5O4/c1-19-10-11-26(36-19)24-17-25(31(29-24)22-8-5-9-23(16-22)32(34)35)27(33)28-21-12-14-30(15-13-21)18-20-6-3-2-4-7-20/h2-11,16-17,21H,12-15,18H2,1H3,(H,28,33). The van der Waals surface area contributed by atoms with Gasteiger partial charge in [0.05, 0.1) is 10.6 Å². The van der Waals surface area contributed by atoms with E-state index >= 15 is 0 Å². The van der Waals surface area contributed by atoms with Crippen LogP contribution in [0.3, 0.4) is 0 Å². The molecule has 9 heteroatoms. The highest BCUT2D eigenvalue weighted by Crippen LogP contribution is 2.25. The van der Waals surface area contributed by atoms with Crippen LogP contribution < -0.4 is 5.32 Å². The quantitative estimate of drug-likeness (QED) is 0.299. The molecule has 4 aromatic rings. The molecule has 1 aliphatic heterocycles. The molecule has 1 saturated heterocycles. The molecular weight excluding hydrogens is 458 g/mol. The molecule has 1 N–H and O–H groups in total. The minimum Gasteiger partial charge on any atom is -0.460 e. The summed E-state index contributed by atoms with van der Waals surface area (Å²) in [6.07, 6.45) is 1.68. The van der Waals surface area contributed by atoms with E-state index in [1.807, 2.05) is 31.2 Å². The molecule has 9 nitrogen and oxygen atoms in total. The van der Waals surface area contributed by atoms with Crippen LogP contribution in [0.4, 0.5) is 5.69 Å². The zero-order valence-electron chi connectivity index (χ0n) is 20.0. The first-order chi connectivity index (χ1) is 17.5. The van der Waals surface area contributed by atoms with Gasteiger partial charge in [-0.1, -0.05) is 36.4 Å². The Morgan fingerprint density at radius 2 is 1.86 bits per heavy atom. The van der Waals surface area contributed by atoms with Gasteiger partial charge in [0.25, 0.3) is 11.6 Å². The van der Waals surface area contributed by atoms with Crippen molar-refractivity contribution in [2.75, 3.05) is 13.1 Å². The Hall–Kier alpha value is -4.24. The van der Waals surface area contributed by atoms with Crippen molar-refractivity contribution in [3.63, 3.8) is 0 Å². The number of aryl methyl sites for hydroxylation is 1. The molecule has 0 saturated carbocycles. The number of carbonyl (C=O) groups excluding carboxylic acids is 1. The Morgan fingerprint density at radius 1 is 1.08 bits per heavy atom. The highest BCUT2D eigenvalue weighted by molar-refractivity contribution is 5.94. The molecule has 3 heterocycles. The molecule has 1 aliphatic rings. The van der Waals surface area contributed by atoms with Gasteiger partial charge in [-0.2, -0.15) is 5.10 Å². The lowest BCUT2D eigenvalue weighted by molar-refractivity contribution is -0.384. The van der Waals surface area contributed by atoms with Gasteiger partial charge in [-0.3, -0.25) is 19.8 Å². The average molecular weight is 486 g/mol.